The van der Waals surface area contributed by atoms with Gasteiger partial charge in [-0.2, -0.15) is 0 Å². The topological polar surface area (TPSA) is 63.9 Å². The zero-order chi connectivity index (χ0) is 18.0. The lowest BCUT2D eigenvalue weighted by Gasteiger charge is -2.16. The van der Waals surface area contributed by atoms with Gasteiger partial charge in [0.15, 0.2) is 5.69 Å². The van der Waals surface area contributed by atoms with Crippen molar-refractivity contribution in [3.63, 3.8) is 0 Å². The Balaban J connectivity index is 1.81. The summed E-state index contributed by atoms with van der Waals surface area (Å²) in [6.07, 6.45) is 1.64. The Bertz CT molecular complexity index is 908. The van der Waals surface area contributed by atoms with Gasteiger partial charge in [0.25, 0.3) is 5.91 Å². The summed E-state index contributed by atoms with van der Waals surface area (Å²) >= 11 is 11.8. The molecule has 0 N–H and O–H groups in total. The average molecular weight is 376 g/mol. The number of aromatic nitrogens is 4. The second-order valence-corrected chi connectivity index (χ2v) is 6.39. The zero-order valence-corrected chi connectivity index (χ0v) is 15.2. The fourth-order valence-corrected chi connectivity index (χ4v) is 2.70. The molecule has 0 atom stereocenters. The van der Waals surface area contributed by atoms with Crippen LogP contribution < -0.4 is 0 Å². The fraction of sp³-hybridized carbons (Fsp3) is 0.176. The van der Waals surface area contributed by atoms with E-state index in [1.807, 2.05) is 18.2 Å². The maximum Gasteiger partial charge on any atom is 0.276 e. The van der Waals surface area contributed by atoms with Crippen molar-refractivity contribution in [2.45, 2.75) is 13.5 Å². The quantitative estimate of drug-likeness (QED) is 0.654. The minimum Gasteiger partial charge on any atom is -0.336 e. The molecular formula is C17H15Cl2N5O. The molecule has 25 heavy (non-hydrogen) atoms. The normalized spacial score (nSPS) is 10.7. The summed E-state index contributed by atoms with van der Waals surface area (Å²) in [6.45, 7) is 2.19. The number of carbonyl (C=O) groups excluding carboxylic acids is 1. The van der Waals surface area contributed by atoms with Crippen molar-refractivity contribution in [2.75, 3.05) is 7.05 Å². The molecule has 0 fully saturated rings. The third-order valence-corrected chi connectivity index (χ3v) is 4.16. The van der Waals surface area contributed by atoms with Crippen molar-refractivity contribution in [1.29, 1.82) is 0 Å². The molecule has 0 aliphatic carbocycles. The lowest BCUT2D eigenvalue weighted by molar-refractivity contribution is 0.0778. The van der Waals surface area contributed by atoms with E-state index in [1.54, 1.807) is 47.9 Å². The molecule has 3 aromatic rings. The summed E-state index contributed by atoms with van der Waals surface area (Å²) in [5.41, 5.74) is 2.57. The van der Waals surface area contributed by atoms with Gasteiger partial charge >= 0.3 is 0 Å². The summed E-state index contributed by atoms with van der Waals surface area (Å²) < 4.78 is 1.59. The second-order valence-electron chi connectivity index (χ2n) is 5.57. The van der Waals surface area contributed by atoms with Crippen LogP contribution in [-0.2, 0) is 6.54 Å². The molecule has 2 heterocycles. The van der Waals surface area contributed by atoms with E-state index in [4.69, 9.17) is 23.2 Å². The van der Waals surface area contributed by atoms with Crippen molar-refractivity contribution in [3.8, 4) is 5.69 Å². The molecule has 0 spiro atoms. The average Bonchev–Trinajstić information content (AvgIpc) is 2.97. The lowest BCUT2D eigenvalue weighted by Crippen LogP contribution is -2.27. The molecule has 0 aliphatic heterocycles. The first kappa shape index (κ1) is 17.4. The number of rotatable bonds is 4. The number of pyridine rings is 1. The number of hydrogen-bond donors (Lipinski definition) is 0. The van der Waals surface area contributed by atoms with Gasteiger partial charge in [0, 0.05) is 24.8 Å². The first-order valence-corrected chi connectivity index (χ1v) is 8.25. The van der Waals surface area contributed by atoms with Gasteiger partial charge in [-0.05, 0) is 36.8 Å². The van der Waals surface area contributed by atoms with Crippen LogP contribution in [0.15, 0.2) is 42.6 Å². The maximum absolute atomic E-state index is 12.7. The van der Waals surface area contributed by atoms with Crippen molar-refractivity contribution >= 4 is 29.1 Å². The third-order valence-electron chi connectivity index (χ3n) is 3.71. The van der Waals surface area contributed by atoms with E-state index in [9.17, 15) is 4.79 Å². The zero-order valence-electron chi connectivity index (χ0n) is 13.6. The minimum atomic E-state index is -0.222. The molecule has 6 nitrogen and oxygen atoms in total. The van der Waals surface area contributed by atoms with Gasteiger partial charge in [0.05, 0.1) is 11.4 Å². The summed E-state index contributed by atoms with van der Waals surface area (Å²) in [7, 11) is 1.70. The van der Waals surface area contributed by atoms with Crippen molar-refractivity contribution in [1.82, 2.24) is 24.9 Å². The van der Waals surface area contributed by atoms with E-state index in [2.05, 4.69) is 15.3 Å². The highest BCUT2D eigenvalue weighted by molar-refractivity contribution is 6.30. The number of halogens is 2. The fourth-order valence-electron chi connectivity index (χ4n) is 2.41. The predicted octanol–water partition coefficient (Wildman–Crippen LogP) is 3.55. The van der Waals surface area contributed by atoms with E-state index in [1.165, 1.54) is 0 Å². The molecule has 0 radical (unpaired) electrons. The molecule has 0 unspecified atom stereocenters. The van der Waals surface area contributed by atoms with Crippen LogP contribution in [-0.4, -0.2) is 37.8 Å². The van der Waals surface area contributed by atoms with Crippen molar-refractivity contribution in [3.05, 3.63) is 69.7 Å². The Labute approximate surface area is 155 Å². The van der Waals surface area contributed by atoms with Gasteiger partial charge in [0.1, 0.15) is 5.15 Å². The standard InChI is InChI=1S/C17H15Cl2N5O/c1-11-16(21-22-24(11)14-5-3-4-13(18)8-14)17(25)23(2)10-12-6-7-15(19)20-9-12/h3-9H,10H2,1-2H3. The number of hydrogen-bond acceptors (Lipinski definition) is 4. The van der Waals surface area contributed by atoms with Crippen LogP contribution in [0.1, 0.15) is 21.7 Å². The molecular weight excluding hydrogens is 361 g/mol. The highest BCUT2D eigenvalue weighted by atomic mass is 35.5. The van der Waals surface area contributed by atoms with E-state index in [-0.39, 0.29) is 5.91 Å². The first-order chi connectivity index (χ1) is 12.0. The minimum absolute atomic E-state index is 0.222. The number of benzene rings is 1. The molecule has 1 amide bonds. The van der Waals surface area contributed by atoms with Crippen LogP contribution in [0.4, 0.5) is 0 Å². The molecule has 0 saturated heterocycles. The molecule has 128 valence electrons. The monoisotopic (exact) mass is 375 g/mol. The highest BCUT2D eigenvalue weighted by Gasteiger charge is 2.21. The summed E-state index contributed by atoms with van der Waals surface area (Å²) in [4.78, 5) is 18.3. The number of carbonyl (C=O) groups is 1. The SMILES string of the molecule is Cc1c(C(=O)N(C)Cc2ccc(Cl)nc2)nnn1-c1cccc(Cl)c1. The van der Waals surface area contributed by atoms with Gasteiger partial charge < -0.3 is 4.90 Å². The van der Waals surface area contributed by atoms with Crippen LogP contribution in [0.2, 0.25) is 10.2 Å². The van der Waals surface area contributed by atoms with Crippen molar-refractivity contribution < 1.29 is 4.79 Å². The summed E-state index contributed by atoms with van der Waals surface area (Å²) in [6, 6.07) is 10.7. The Hall–Kier alpha value is -2.44. The van der Waals surface area contributed by atoms with Gasteiger partial charge in [-0.25, -0.2) is 9.67 Å². The van der Waals surface area contributed by atoms with Gasteiger partial charge in [-0.15, -0.1) is 5.10 Å². The molecule has 8 heteroatoms. The molecule has 2 aromatic heterocycles. The van der Waals surface area contributed by atoms with Crippen molar-refractivity contribution in [2.24, 2.45) is 0 Å². The predicted molar refractivity (Wildman–Crippen MR) is 96.2 cm³/mol. The second kappa shape index (κ2) is 7.21. The van der Waals surface area contributed by atoms with E-state index < -0.39 is 0 Å². The van der Waals surface area contributed by atoms with Gasteiger partial charge in [-0.1, -0.05) is 40.5 Å². The van der Waals surface area contributed by atoms with E-state index in [0.717, 1.165) is 11.3 Å². The third kappa shape index (κ3) is 3.81. The van der Waals surface area contributed by atoms with Gasteiger partial charge in [0.2, 0.25) is 0 Å². The molecule has 0 bridgehead atoms. The van der Waals surface area contributed by atoms with E-state index in [0.29, 0.717) is 28.1 Å². The van der Waals surface area contributed by atoms with Crippen LogP contribution >= 0.6 is 23.2 Å². The van der Waals surface area contributed by atoms with E-state index >= 15 is 0 Å². The summed E-state index contributed by atoms with van der Waals surface area (Å²) in [5, 5.41) is 9.13. The molecule has 1 aromatic carbocycles. The maximum atomic E-state index is 12.7. The Kier molecular flexibility index (Phi) is 5.01. The molecule has 0 aliphatic rings. The van der Waals surface area contributed by atoms with Crippen LogP contribution in [0.25, 0.3) is 5.69 Å². The Morgan fingerprint density at radius 2 is 2.04 bits per heavy atom. The molecule has 3 rings (SSSR count). The Morgan fingerprint density at radius 3 is 2.72 bits per heavy atom. The first-order valence-electron chi connectivity index (χ1n) is 7.50. The Morgan fingerprint density at radius 1 is 1.24 bits per heavy atom. The van der Waals surface area contributed by atoms with Crippen LogP contribution in [0.3, 0.4) is 0 Å². The highest BCUT2D eigenvalue weighted by Crippen LogP contribution is 2.18. The number of amides is 1. The van der Waals surface area contributed by atoms with Crippen LogP contribution in [0.5, 0.6) is 0 Å². The smallest absolute Gasteiger partial charge is 0.276 e. The lowest BCUT2D eigenvalue weighted by atomic mass is 10.2. The van der Waals surface area contributed by atoms with Crippen LogP contribution in [0, 0.1) is 6.92 Å². The molecule has 0 saturated carbocycles. The van der Waals surface area contributed by atoms with Gasteiger partial charge in [-0.3, -0.25) is 4.79 Å². The number of nitrogens with zero attached hydrogens (tertiary/aromatic N) is 5. The largest absolute Gasteiger partial charge is 0.336 e. The summed E-state index contributed by atoms with van der Waals surface area (Å²) in [5.74, 6) is -0.222.